The van der Waals surface area contributed by atoms with Gasteiger partial charge in [0.1, 0.15) is 0 Å². The summed E-state index contributed by atoms with van der Waals surface area (Å²) in [7, 11) is 0. The van der Waals surface area contributed by atoms with Crippen LogP contribution in [0.1, 0.15) is 46.0 Å². The van der Waals surface area contributed by atoms with Gasteiger partial charge in [-0.25, -0.2) is 4.79 Å². The summed E-state index contributed by atoms with van der Waals surface area (Å²) in [5.41, 5.74) is 0.280. The van der Waals surface area contributed by atoms with Crippen molar-refractivity contribution in [3.63, 3.8) is 0 Å². The first kappa shape index (κ1) is 12.7. The number of carbonyl (C=O) groups is 1. The van der Waals surface area contributed by atoms with E-state index in [1.807, 2.05) is 0 Å². The largest absolute Gasteiger partial charge is 0.337 e. The van der Waals surface area contributed by atoms with Crippen molar-refractivity contribution in [1.29, 1.82) is 0 Å². The van der Waals surface area contributed by atoms with E-state index < -0.39 is 0 Å². The Kier molecular flexibility index (Phi) is 3.92. The molecule has 0 aromatic heterocycles. The highest BCUT2D eigenvalue weighted by molar-refractivity contribution is 5.74. The molecule has 0 radical (unpaired) electrons. The molecule has 17 heavy (non-hydrogen) atoms. The Morgan fingerprint density at radius 1 is 1.35 bits per heavy atom. The molecular weight excluding hydrogens is 214 g/mol. The van der Waals surface area contributed by atoms with Gasteiger partial charge in [0.2, 0.25) is 0 Å². The molecule has 1 aliphatic heterocycles. The summed E-state index contributed by atoms with van der Waals surface area (Å²) < 4.78 is 0. The Balaban J connectivity index is 1.70. The van der Waals surface area contributed by atoms with Gasteiger partial charge in [0.05, 0.1) is 0 Å². The first-order valence-electron chi connectivity index (χ1n) is 6.86. The first-order chi connectivity index (χ1) is 8.08. The highest BCUT2D eigenvalue weighted by Gasteiger charge is 2.32. The maximum atomic E-state index is 11.6. The maximum absolute atomic E-state index is 11.6. The van der Waals surface area contributed by atoms with Crippen molar-refractivity contribution in [2.45, 2.75) is 58.0 Å². The number of amides is 2. The minimum atomic E-state index is -0.00197. The molecule has 4 heteroatoms. The lowest BCUT2D eigenvalue weighted by molar-refractivity contribution is 0.174. The summed E-state index contributed by atoms with van der Waals surface area (Å²) in [6.07, 6.45) is 6.00. The average Bonchev–Trinajstić information content (AvgIpc) is 2.21. The zero-order chi connectivity index (χ0) is 12.3. The third-order valence-electron chi connectivity index (χ3n) is 4.24. The van der Waals surface area contributed by atoms with Gasteiger partial charge < -0.3 is 16.0 Å². The number of hydrogen-bond donors (Lipinski definition) is 3. The van der Waals surface area contributed by atoms with Crippen molar-refractivity contribution in [2.75, 3.05) is 13.1 Å². The molecule has 1 unspecified atom stereocenters. The summed E-state index contributed by atoms with van der Waals surface area (Å²) in [6, 6.07) is 0.809. The lowest BCUT2D eigenvalue weighted by atomic mass is 9.77. The molecular formula is C13H25N3O. The summed E-state index contributed by atoms with van der Waals surface area (Å²) in [5.74, 6) is 0. The normalized spacial score (nSPS) is 28.2. The predicted molar refractivity (Wildman–Crippen MR) is 69.0 cm³/mol. The van der Waals surface area contributed by atoms with Crippen LogP contribution in [-0.2, 0) is 0 Å². The van der Waals surface area contributed by atoms with Crippen molar-refractivity contribution >= 4 is 6.03 Å². The van der Waals surface area contributed by atoms with Gasteiger partial charge in [-0.15, -0.1) is 0 Å². The average molecular weight is 239 g/mol. The number of piperidine rings is 1. The van der Waals surface area contributed by atoms with Crippen molar-refractivity contribution in [1.82, 2.24) is 16.0 Å². The molecule has 0 spiro atoms. The molecule has 2 aliphatic rings. The molecule has 1 saturated heterocycles. The van der Waals surface area contributed by atoms with Crippen molar-refractivity contribution in [2.24, 2.45) is 5.41 Å². The zero-order valence-corrected chi connectivity index (χ0v) is 11.0. The van der Waals surface area contributed by atoms with Crippen LogP contribution in [-0.4, -0.2) is 31.2 Å². The Bertz CT molecular complexity index is 274. The van der Waals surface area contributed by atoms with Crippen molar-refractivity contribution in [3.8, 4) is 0 Å². The third kappa shape index (κ3) is 3.35. The van der Waals surface area contributed by atoms with E-state index >= 15 is 0 Å². The van der Waals surface area contributed by atoms with Gasteiger partial charge in [0.15, 0.2) is 0 Å². The van der Waals surface area contributed by atoms with Crippen molar-refractivity contribution < 1.29 is 4.79 Å². The Morgan fingerprint density at radius 2 is 2.12 bits per heavy atom. The molecule has 0 aromatic rings. The molecule has 0 aromatic carbocycles. The van der Waals surface area contributed by atoms with Crippen LogP contribution >= 0.6 is 0 Å². The number of carbonyl (C=O) groups excluding carboxylic acids is 1. The molecule has 0 bridgehead atoms. The summed E-state index contributed by atoms with van der Waals surface area (Å²) in [4.78, 5) is 11.6. The number of urea groups is 1. The topological polar surface area (TPSA) is 53.2 Å². The minimum absolute atomic E-state index is 0.00197. The van der Waals surface area contributed by atoms with Gasteiger partial charge in [-0.2, -0.15) is 0 Å². The molecule has 1 heterocycles. The van der Waals surface area contributed by atoms with Crippen LogP contribution < -0.4 is 16.0 Å². The molecule has 2 rings (SSSR count). The smallest absolute Gasteiger partial charge is 0.315 e. The molecule has 1 aliphatic carbocycles. The fraction of sp³-hybridized carbons (Fsp3) is 0.923. The summed E-state index contributed by atoms with van der Waals surface area (Å²) >= 11 is 0. The standard InChI is InChI=1S/C13H25N3O/c1-13(2)7-4-8-14-11(13)9-15-12(17)16-10-5-3-6-10/h10-11,14H,3-9H2,1-2H3,(H2,15,16,17). The fourth-order valence-corrected chi connectivity index (χ4v) is 2.60. The van der Waals surface area contributed by atoms with Gasteiger partial charge in [-0.1, -0.05) is 13.8 Å². The van der Waals surface area contributed by atoms with E-state index in [4.69, 9.17) is 0 Å². The predicted octanol–water partition coefficient (Wildman–Crippen LogP) is 1.62. The van der Waals surface area contributed by atoms with E-state index in [2.05, 4.69) is 29.8 Å². The lowest BCUT2D eigenvalue weighted by Gasteiger charge is -2.39. The summed E-state index contributed by atoms with van der Waals surface area (Å²) in [6.45, 7) is 6.34. The minimum Gasteiger partial charge on any atom is -0.337 e. The van der Waals surface area contributed by atoms with Crippen LogP contribution in [0, 0.1) is 5.41 Å². The number of hydrogen-bond acceptors (Lipinski definition) is 2. The van der Waals surface area contributed by atoms with Crippen LogP contribution in [0.4, 0.5) is 4.79 Å². The molecule has 2 amide bonds. The molecule has 1 saturated carbocycles. The quantitative estimate of drug-likeness (QED) is 0.701. The lowest BCUT2D eigenvalue weighted by Crippen LogP contribution is -2.55. The number of rotatable bonds is 3. The second-order valence-corrected chi connectivity index (χ2v) is 6.08. The van der Waals surface area contributed by atoms with Crippen LogP contribution in [0.15, 0.2) is 0 Å². The molecule has 98 valence electrons. The Morgan fingerprint density at radius 3 is 2.71 bits per heavy atom. The van der Waals surface area contributed by atoms with E-state index in [1.165, 1.54) is 19.3 Å². The molecule has 3 N–H and O–H groups in total. The van der Waals surface area contributed by atoms with Gasteiger partial charge in [0, 0.05) is 18.6 Å². The van der Waals surface area contributed by atoms with E-state index in [0.717, 1.165) is 25.9 Å². The number of nitrogens with one attached hydrogen (secondary N) is 3. The van der Waals surface area contributed by atoms with E-state index in [1.54, 1.807) is 0 Å². The van der Waals surface area contributed by atoms with Gasteiger partial charge in [0.25, 0.3) is 0 Å². The monoisotopic (exact) mass is 239 g/mol. The highest BCUT2D eigenvalue weighted by Crippen LogP contribution is 2.29. The van der Waals surface area contributed by atoms with Gasteiger partial charge >= 0.3 is 6.03 Å². The Labute approximate surface area is 104 Å². The van der Waals surface area contributed by atoms with Crippen LogP contribution in [0.5, 0.6) is 0 Å². The SMILES string of the molecule is CC1(C)CCCNC1CNC(=O)NC1CCC1. The van der Waals surface area contributed by atoms with Crippen molar-refractivity contribution in [3.05, 3.63) is 0 Å². The maximum Gasteiger partial charge on any atom is 0.315 e. The zero-order valence-electron chi connectivity index (χ0n) is 11.0. The van der Waals surface area contributed by atoms with Gasteiger partial charge in [-0.3, -0.25) is 0 Å². The van der Waals surface area contributed by atoms with Crippen LogP contribution in [0.2, 0.25) is 0 Å². The van der Waals surface area contributed by atoms with Gasteiger partial charge in [-0.05, 0) is 44.1 Å². The first-order valence-corrected chi connectivity index (χ1v) is 6.86. The van der Waals surface area contributed by atoms with E-state index in [9.17, 15) is 4.79 Å². The van der Waals surface area contributed by atoms with Crippen LogP contribution in [0.25, 0.3) is 0 Å². The second kappa shape index (κ2) is 5.25. The molecule has 4 nitrogen and oxygen atoms in total. The van der Waals surface area contributed by atoms with E-state index in [-0.39, 0.29) is 11.4 Å². The summed E-state index contributed by atoms with van der Waals surface area (Å²) in [5, 5.41) is 9.50. The molecule has 1 atom stereocenters. The highest BCUT2D eigenvalue weighted by atomic mass is 16.2. The van der Waals surface area contributed by atoms with Crippen LogP contribution in [0.3, 0.4) is 0 Å². The second-order valence-electron chi connectivity index (χ2n) is 6.08. The third-order valence-corrected chi connectivity index (χ3v) is 4.24. The van der Waals surface area contributed by atoms with E-state index in [0.29, 0.717) is 12.1 Å². The molecule has 2 fully saturated rings. The Hall–Kier alpha value is -0.770. The fourth-order valence-electron chi connectivity index (χ4n) is 2.60.